The number of rotatable bonds is 4. The summed E-state index contributed by atoms with van der Waals surface area (Å²) in [5.74, 6) is 3.31. The lowest BCUT2D eigenvalue weighted by Gasteiger charge is -2.44. The number of aliphatic hydroxyl groups is 1. The number of carbonyl (C=O) groups is 1. The van der Waals surface area contributed by atoms with Crippen molar-refractivity contribution >= 4 is 14.2 Å². The van der Waals surface area contributed by atoms with Crippen molar-refractivity contribution in [1.82, 2.24) is 4.90 Å². The molecule has 0 radical (unpaired) electrons. The summed E-state index contributed by atoms with van der Waals surface area (Å²) in [6.07, 6.45) is 1.53. The molecule has 0 bridgehead atoms. The van der Waals surface area contributed by atoms with Gasteiger partial charge in [-0.2, -0.15) is 0 Å². The van der Waals surface area contributed by atoms with Crippen LogP contribution >= 0.6 is 0 Å². The number of hydrogen-bond acceptors (Lipinski definition) is 2. The van der Waals surface area contributed by atoms with E-state index in [0.717, 1.165) is 0 Å². The first-order valence-electron chi connectivity index (χ1n) is 10.5. The maximum Gasteiger partial charge on any atom is 0.407 e. The summed E-state index contributed by atoms with van der Waals surface area (Å²) in [6.45, 7) is 19.4. The van der Waals surface area contributed by atoms with E-state index in [0.29, 0.717) is 42.3 Å². The van der Waals surface area contributed by atoms with Crippen LogP contribution in [-0.2, 0) is 0 Å². The average molecular weight is 396 g/mol. The summed E-state index contributed by atoms with van der Waals surface area (Å²) < 4.78 is 0. The molecule has 27 heavy (non-hydrogen) atoms. The van der Waals surface area contributed by atoms with Crippen LogP contribution in [0.3, 0.4) is 0 Å². The highest BCUT2D eigenvalue weighted by Gasteiger charge is 2.43. The summed E-state index contributed by atoms with van der Waals surface area (Å²) in [5.41, 5.74) is 3.84. The summed E-state index contributed by atoms with van der Waals surface area (Å²) in [4.78, 5) is 13.3. The molecular weight excluding hydrogens is 354 g/mol. The molecule has 156 valence electrons. The Balaban J connectivity index is 3.04. The van der Waals surface area contributed by atoms with Gasteiger partial charge in [0.25, 0.3) is 0 Å². The molecule has 1 fully saturated rings. The van der Waals surface area contributed by atoms with E-state index in [4.69, 9.17) is 0 Å². The molecule has 0 aromatic rings. The zero-order valence-corrected chi connectivity index (χ0v) is 19.9. The van der Waals surface area contributed by atoms with Crippen molar-refractivity contribution < 1.29 is 15.0 Å². The molecule has 0 aromatic heterocycles. The zero-order chi connectivity index (χ0) is 21.2. The van der Waals surface area contributed by atoms with Gasteiger partial charge in [-0.3, -0.25) is 0 Å². The highest BCUT2D eigenvalue weighted by atomic mass is 28.3. The summed E-state index contributed by atoms with van der Waals surface area (Å²) in [7, 11) is -1.87. The maximum absolute atomic E-state index is 11.7. The van der Waals surface area contributed by atoms with Crippen molar-refractivity contribution in [2.24, 2.45) is 0 Å². The van der Waals surface area contributed by atoms with Crippen LogP contribution in [0.5, 0.6) is 0 Å². The van der Waals surface area contributed by atoms with Crippen LogP contribution < -0.4 is 0 Å². The predicted octanol–water partition coefficient (Wildman–Crippen LogP) is 5.66. The minimum Gasteiger partial charge on any atom is -0.465 e. The molecule has 1 aliphatic carbocycles. The standard InChI is InChI=1S/C22H41NO3Si/c1-16(2)27(17(3)4,18(5)6)15-14-22(26)12-10-19(11-13-22)23(20(24)25)21(7,8)9/h16-19,26H,10-13H2,1-9H3,(H,24,25)/t19-,22+. The van der Waals surface area contributed by atoms with E-state index >= 15 is 0 Å². The Bertz CT molecular complexity index is 551. The van der Waals surface area contributed by atoms with Crippen LogP contribution in [-0.4, -0.2) is 46.5 Å². The highest BCUT2D eigenvalue weighted by Crippen LogP contribution is 2.41. The Morgan fingerprint density at radius 1 is 1.04 bits per heavy atom. The molecule has 1 rings (SSSR count). The van der Waals surface area contributed by atoms with Crippen LogP contribution in [0.25, 0.3) is 0 Å². The molecule has 1 amide bonds. The first kappa shape index (κ1) is 24.0. The number of amides is 1. The topological polar surface area (TPSA) is 60.8 Å². The van der Waals surface area contributed by atoms with Crippen molar-refractivity contribution in [3.05, 3.63) is 0 Å². The summed E-state index contributed by atoms with van der Waals surface area (Å²) in [6, 6.07) is -0.0492. The number of carboxylic acid groups (broad SMARTS) is 1. The van der Waals surface area contributed by atoms with Crippen molar-refractivity contribution in [1.29, 1.82) is 0 Å². The molecule has 0 aromatic carbocycles. The van der Waals surface area contributed by atoms with Gasteiger partial charge in [0, 0.05) is 11.6 Å². The Labute approximate surface area is 167 Å². The van der Waals surface area contributed by atoms with Crippen molar-refractivity contribution in [3.8, 4) is 11.5 Å². The van der Waals surface area contributed by atoms with Crippen molar-refractivity contribution in [2.75, 3.05) is 0 Å². The molecule has 4 nitrogen and oxygen atoms in total. The van der Waals surface area contributed by atoms with Crippen LogP contribution in [0.4, 0.5) is 4.79 Å². The molecule has 0 atom stereocenters. The summed E-state index contributed by atoms with van der Waals surface area (Å²) >= 11 is 0. The quantitative estimate of drug-likeness (QED) is 0.477. The monoisotopic (exact) mass is 395 g/mol. The molecular formula is C22H41NO3Si. The second-order valence-corrected chi connectivity index (χ2v) is 15.8. The average Bonchev–Trinajstić information content (AvgIpc) is 2.47. The first-order chi connectivity index (χ1) is 12.2. The van der Waals surface area contributed by atoms with Gasteiger partial charge in [-0.1, -0.05) is 47.5 Å². The van der Waals surface area contributed by atoms with E-state index in [1.165, 1.54) is 0 Å². The predicted molar refractivity (Wildman–Crippen MR) is 116 cm³/mol. The maximum atomic E-state index is 11.7. The van der Waals surface area contributed by atoms with Crippen LogP contribution in [0.2, 0.25) is 16.6 Å². The van der Waals surface area contributed by atoms with E-state index in [1.54, 1.807) is 4.90 Å². The fourth-order valence-corrected chi connectivity index (χ4v) is 10.4. The molecule has 2 N–H and O–H groups in total. The number of nitrogens with zero attached hydrogens (tertiary/aromatic N) is 1. The number of hydrogen-bond donors (Lipinski definition) is 2. The van der Waals surface area contributed by atoms with E-state index in [1.807, 2.05) is 20.8 Å². The van der Waals surface area contributed by atoms with Gasteiger partial charge in [-0.05, 0) is 63.1 Å². The van der Waals surface area contributed by atoms with Gasteiger partial charge in [0.15, 0.2) is 0 Å². The first-order valence-corrected chi connectivity index (χ1v) is 12.7. The zero-order valence-electron chi connectivity index (χ0n) is 18.9. The molecule has 0 spiro atoms. The minimum absolute atomic E-state index is 0.0492. The van der Waals surface area contributed by atoms with E-state index in [9.17, 15) is 15.0 Å². The smallest absolute Gasteiger partial charge is 0.407 e. The van der Waals surface area contributed by atoms with E-state index < -0.39 is 25.3 Å². The lowest BCUT2D eigenvalue weighted by Crippen LogP contribution is -2.53. The normalized spacial score (nSPS) is 24.1. The Morgan fingerprint density at radius 2 is 1.44 bits per heavy atom. The fraction of sp³-hybridized carbons (Fsp3) is 0.864. The van der Waals surface area contributed by atoms with Gasteiger partial charge in [-0.25, -0.2) is 4.79 Å². The molecule has 0 unspecified atom stereocenters. The van der Waals surface area contributed by atoms with Gasteiger partial charge < -0.3 is 15.1 Å². The summed E-state index contributed by atoms with van der Waals surface area (Å²) in [5, 5.41) is 20.7. The Kier molecular flexibility index (Phi) is 7.63. The van der Waals surface area contributed by atoms with E-state index in [-0.39, 0.29) is 6.04 Å². The fourth-order valence-electron chi connectivity index (χ4n) is 5.11. The Morgan fingerprint density at radius 3 is 1.74 bits per heavy atom. The van der Waals surface area contributed by atoms with Gasteiger partial charge in [0.2, 0.25) is 0 Å². The van der Waals surface area contributed by atoms with Gasteiger partial charge >= 0.3 is 6.09 Å². The SMILES string of the molecule is CC(C)[Si](C#C[C@]1(O)CC[C@@H](N(C(=O)O)C(C)(C)C)CC1)(C(C)C)C(C)C. The largest absolute Gasteiger partial charge is 0.465 e. The van der Waals surface area contributed by atoms with Gasteiger partial charge in [0.05, 0.1) is 0 Å². The molecule has 1 aliphatic rings. The molecule has 0 aliphatic heterocycles. The third-order valence-corrected chi connectivity index (χ3v) is 12.7. The van der Waals surface area contributed by atoms with Crippen molar-refractivity contribution in [2.45, 2.75) is 122 Å². The van der Waals surface area contributed by atoms with Crippen LogP contribution in [0.1, 0.15) is 88.0 Å². The van der Waals surface area contributed by atoms with Gasteiger partial charge in [-0.15, -0.1) is 5.54 Å². The third kappa shape index (κ3) is 5.29. The van der Waals surface area contributed by atoms with Crippen LogP contribution in [0, 0.1) is 11.5 Å². The Hall–Kier alpha value is -0.993. The molecule has 1 saturated carbocycles. The van der Waals surface area contributed by atoms with Crippen LogP contribution in [0.15, 0.2) is 0 Å². The third-order valence-electron chi connectivity index (χ3n) is 6.45. The molecule has 0 saturated heterocycles. The second-order valence-electron chi connectivity index (χ2n) is 10.2. The van der Waals surface area contributed by atoms with Crippen molar-refractivity contribution in [3.63, 3.8) is 0 Å². The lowest BCUT2D eigenvalue weighted by molar-refractivity contribution is 0.00400. The second kappa shape index (κ2) is 8.57. The molecule has 5 heteroatoms. The van der Waals surface area contributed by atoms with E-state index in [2.05, 4.69) is 53.0 Å². The lowest BCUT2D eigenvalue weighted by atomic mass is 9.81. The molecule has 0 heterocycles. The highest BCUT2D eigenvalue weighted by molar-refractivity contribution is 6.90. The minimum atomic E-state index is -1.87. The van der Waals surface area contributed by atoms with Gasteiger partial charge in [0.1, 0.15) is 13.7 Å².